The summed E-state index contributed by atoms with van der Waals surface area (Å²) in [6.45, 7) is 11.5. The lowest BCUT2D eigenvalue weighted by molar-refractivity contribution is -0.136. The molecule has 0 aliphatic rings. The van der Waals surface area contributed by atoms with Crippen LogP contribution < -0.4 is 9.16 Å². The lowest BCUT2D eigenvalue weighted by Gasteiger charge is -2.21. The highest BCUT2D eigenvalue weighted by Gasteiger charge is 2.19. The van der Waals surface area contributed by atoms with Crippen molar-refractivity contribution in [3.8, 4) is 11.5 Å². The summed E-state index contributed by atoms with van der Waals surface area (Å²) in [4.78, 5) is 23.0. The third-order valence-electron chi connectivity index (χ3n) is 2.98. The first-order valence-corrected chi connectivity index (χ1v) is 11.5. The number of ether oxygens (including phenoxy) is 2. The van der Waals surface area contributed by atoms with Crippen LogP contribution in [0.1, 0.15) is 26.3 Å². The number of benzene rings is 1. The second-order valence-electron chi connectivity index (χ2n) is 6.59. The first-order valence-electron chi connectivity index (χ1n) is 8.09. The van der Waals surface area contributed by atoms with E-state index in [1.165, 1.54) is 13.0 Å². The fraction of sp³-hybridized carbons (Fsp3) is 0.368. The Hall–Kier alpha value is -2.34. The molecule has 0 radical (unpaired) electrons. The zero-order valence-electron chi connectivity index (χ0n) is 15.7. The Labute approximate surface area is 150 Å². The molecule has 0 aliphatic carbocycles. The van der Waals surface area contributed by atoms with E-state index in [0.29, 0.717) is 11.5 Å². The normalized spacial score (nSPS) is 12.2. The quantitative estimate of drug-likeness (QED) is 0.237. The number of carbonyl (C=O) groups is 2. The van der Waals surface area contributed by atoms with Crippen LogP contribution in [0.3, 0.4) is 0 Å². The topological polar surface area (TPSA) is 61.8 Å². The molecule has 1 aromatic rings. The van der Waals surface area contributed by atoms with Crippen molar-refractivity contribution in [2.45, 2.75) is 40.4 Å². The molecule has 5 nitrogen and oxygen atoms in total. The van der Waals surface area contributed by atoms with Gasteiger partial charge in [-0.3, -0.25) is 4.79 Å². The molecule has 0 saturated heterocycles. The van der Waals surface area contributed by atoms with Gasteiger partial charge in [0.15, 0.2) is 5.75 Å². The zero-order valence-corrected chi connectivity index (χ0v) is 16.7. The molecule has 0 aromatic heterocycles. The highest BCUT2D eigenvalue weighted by molar-refractivity contribution is 6.70. The van der Waals surface area contributed by atoms with Gasteiger partial charge < -0.3 is 13.9 Å². The van der Waals surface area contributed by atoms with Crippen molar-refractivity contribution in [3.05, 3.63) is 41.5 Å². The molecule has 6 heteroatoms. The largest absolute Gasteiger partial charge is 0.542 e. The van der Waals surface area contributed by atoms with Gasteiger partial charge in [0.25, 0.3) is 0 Å². The van der Waals surface area contributed by atoms with Crippen molar-refractivity contribution in [1.82, 2.24) is 0 Å². The minimum absolute atomic E-state index is 0.273. The first-order chi connectivity index (χ1) is 11.6. The second-order valence-corrected chi connectivity index (χ2v) is 11.0. The Bertz CT molecular complexity index is 684. The summed E-state index contributed by atoms with van der Waals surface area (Å²) < 4.78 is 16.3. The SMILES string of the molecule is C/C=C(\C)COC(=O)/C=C/c1ccc(OC(C)=O)c(O[Si](C)(C)C)c1. The Balaban J connectivity index is 2.93. The molecule has 0 N–H and O–H groups in total. The third-order valence-corrected chi connectivity index (χ3v) is 3.82. The molecule has 0 heterocycles. The van der Waals surface area contributed by atoms with Gasteiger partial charge in [0.05, 0.1) is 0 Å². The fourth-order valence-corrected chi connectivity index (χ4v) is 2.58. The van der Waals surface area contributed by atoms with Gasteiger partial charge in [-0.25, -0.2) is 4.79 Å². The third kappa shape index (κ3) is 8.35. The minimum atomic E-state index is -1.89. The van der Waals surface area contributed by atoms with Gasteiger partial charge in [-0.05, 0) is 62.8 Å². The lowest BCUT2D eigenvalue weighted by Crippen LogP contribution is -2.29. The van der Waals surface area contributed by atoms with Crippen molar-refractivity contribution in [1.29, 1.82) is 0 Å². The van der Waals surface area contributed by atoms with Gasteiger partial charge in [0.2, 0.25) is 8.32 Å². The van der Waals surface area contributed by atoms with Crippen molar-refractivity contribution < 1.29 is 23.5 Å². The first kappa shape index (κ1) is 20.7. The van der Waals surface area contributed by atoms with Crippen LogP contribution in [0.25, 0.3) is 6.08 Å². The summed E-state index contributed by atoms with van der Waals surface area (Å²) in [5.74, 6) is 0.0394. The van der Waals surface area contributed by atoms with Gasteiger partial charge in [0, 0.05) is 13.0 Å². The smallest absolute Gasteiger partial charge is 0.331 e. The summed E-state index contributed by atoms with van der Waals surface area (Å²) in [6, 6.07) is 5.15. The number of esters is 2. The summed E-state index contributed by atoms with van der Waals surface area (Å²) in [5.41, 5.74) is 1.74. The molecule has 0 fully saturated rings. The highest BCUT2D eigenvalue weighted by Crippen LogP contribution is 2.31. The van der Waals surface area contributed by atoms with Gasteiger partial charge >= 0.3 is 11.9 Å². The number of rotatable bonds is 7. The van der Waals surface area contributed by atoms with Gasteiger partial charge in [-0.2, -0.15) is 0 Å². The average molecular weight is 362 g/mol. The molecule has 0 atom stereocenters. The predicted molar refractivity (Wildman–Crippen MR) is 101 cm³/mol. The van der Waals surface area contributed by atoms with E-state index >= 15 is 0 Å². The van der Waals surface area contributed by atoms with E-state index in [2.05, 4.69) is 0 Å². The van der Waals surface area contributed by atoms with Crippen LogP contribution >= 0.6 is 0 Å². The van der Waals surface area contributed by atoms with Crippen LogP contribution in [0.4, 0.5) is 0 Å². The maximum atomic E-state index is 11.7. The molecule has 1 aromatic carbocycles. The molecule has 136 valence electrons. The lowest BCUT2D eigenvalue weighted by atomic mass is 10.2. The van der Waals surface area contributed by atoms with E-state index in [4.69, 9.17) is 13.9 Å². The maximum Gasteiger partial charge on any atom is 0.331 e. The zero-order chi connectivity index (χ0) is 19.0. The number of allylic oxidation sites excluding steroid dienone is 1. The Morgan fingerprint density at radius 3 is 2.36 bits per heavy atom. The summed E-state index contributed by atoms with van der Waals surface area (Å²) >= 11 is 0. The number of carbonyl (C=O) groups excluding carboxylic acids is 2. The van der Waals surface area contributed by atoms with Crippen LogP contribution in [0, 0.1) is 0 Å². The minimum Gasteiger partial charge on any atom is -0.542 e. The molecular weight excluding hydrogens is 336 g/mol. The maximum absolute atomic E-state index is 11.7. The standard InChI is InChI=1S/C19H26O5Si/c1-7-14(2)13-22-19(21)11-9-16-8-10-17(23-15(3)20)18(12-16)24-25(4,5)6/h7-12H,13H2,1-6H3/b11-9+,14-7+. The van der Waals surface area contributed by atoms with Crippen LogP contribution in [0.2, 0.25) is 19.6 Å². The van der Waals surface area contributed by atoms with Crippen LogP contribution in [-0.2, 0) is 14.3 Å². The number of hydrogen-bond donors (Lipinski definition) is 0. The van der Waals surface area contributed by atoms with E-state index in [1.54, 1.807) is 24.3 Å². The van der Waals surface area contributed by atoms with Gasteiger partial charge in [-0.1, -0.05) is 12.1 Å². The van der Waals surface area contributed by atoms with E-state index in [1.807, 2.05) is 39.6 Å². The van der Waals surface area contributed by atoms with E-state index in [0.717, 1.165) is 11.1 Å². The molecule has 0 unspecified atom stereocenters. The Morgan fingerprint density at radius 2 is 1.80 bits per heavy atom. The summed E-state index contributed by atoms with van der Waals surface area (Å²) in [6.07, 6.45) is 4.90. The molecule has 0 bridgehead atoms. The van der Waals surface area contributed by atoms with Crippen molar-refractivity contribution >= 4 is 26.3 Å². The second kappa shape index (κ2) is 9.22. The molecule has 0 saturated carbocycles. The summed E-state index contributed by atoms with van der Waals surface area (Å²) in [7, 11) is -1.89. The van der Waals surface area contributed by atoms with Crippen molar-refractivity contribution in [2.24, 2.45) is 0 Å². The molecule has 0 aliphatic heterocycles. The van der Waals surface area contributed by atoms with E-state index in [9.17, 15) is 9.59 Å². The molecular formula is C19H26O5Si. The Kier molecular flexibility index (Phi) is 7.64. The Morgan fingerprint density at radius 1 is 1.12 bits per heavy atom. The average Bonchev–Trinajstić information content (AvgIpc) is 2.50. The highest BCUT2D eigenvalue weighted by atomic mass is 28.4. The van der Waals surface area contributed by atoms with Gasteiger partial charge in [0.1, 0.15) is 12.4 Å². The van der Waals surface area contributed by atoms with Crippen molar-refractivity contribution in [3.63, 3.8) is 0 Å². The van der Waals surface area contributed by atoms with E-state index in [-0.39, 0.29) is 6.61 Å². The molecule has 25 heavy (non-hydrogen) atoms. The van der Waals surface area contributed by atoms with E-state index < -0.39 is 20.3 Å². The number of hydrogen-bond acceptors (Lipinski definition) is 5. The van der Waals surface area contributed by atoms with Crippen LogP contribution in [0.15, 0.2) is 35.9 Å². The summed E-state index contributed by atoms with van der Waals surface area (Å²) in [5, 5.41) is 0. The van der Waals surface area contributed by atoms with Crippen molar-refractivity contribution in [2.75, 3.05) is 6.61 Å². The molecule has 1 rings (SSSR count). The van der Waals surface area contributed by atoms with Crippen LogP contribution in [-0.4, -0.2) is 26.9 Å². The predicted octanol–water partition coefficient (Wildman–Crippen LogP) is 4.35. The van der Waals surface area contributed by atoms with Gasteiger partial charge in [-0.15, -0.1) is 0 Å². The fourth-order valence-electron chi connectivity index (χ4n) is 1.76. The molecule has 0 spiro atoms. The van der Waals surface area contributed by atoms with Crippen LogP contribution in [0.5, 0.6) is 11.5 Å². The molecule has 0 amide bonds. The monoisotopic (exact) mass is 362 g/mol.